The van der Waals surface area contributed by atoms with Gasteiger partial charge >= 0.3 is 5.97 Å². The molecule has 2 unspecified atom stereocenters. The molecule has 0 saturated carbocycles. The van der Waals surface area contributed by atoms with E-state index in [9.17, 15) is 9.59 Å². The van der Waals surface area contributed by atoms with Crippen molar-refractivity contribution < 1.29 is 14.3 Å². The van der Waals surface area contributed by atoms with Crippen LogP contribution < -0.4 is 5.32 Å². The third-order valence-electron chi connectivity index (χ3n) is 4.98. The lowest BCUT2D eigenvalue weighted by Crippen LogP contribution is -2.40. The smallest absolute Gasteiger partial charge is 0.310 e. The van der Waals surface area contributed by atoms with Crippen LogP contribution in [-0.4, -0.2) is 23.5 Å². The van der Waals surface area contributed by atoms with Crippen LogP contribution in [0.3, 0.4) is 0 Å². The molecule has 0 saturated heterocycles. The van der Waals surface area contributed by atoms with Gasteiger partial charge in [0.25, 0.3) is 0 Å². The average Bonchev–Trinajstić information content (AvgIpc) is 3.09. The van der Waals surface area contributed by atoms with Crippen LogP contribution in [-0.2, 0) is 27.2 Å². The van der Waals surface area contributed by atoms with E-state index < -0.39 is 17.8 Å². The van der Waals surface area contributed by atoms with Crippen molar-refractivity contribution >= 4 is 62.3 Å². The maximum Gasteiger partial charge on any atom is 0.310 e. The number of amides is 1. The molecule has 2 atom stereocenters. The molecule has 2 heterocycles. The molecule has 8 heteroatoms. The summed E-state index contributed by atoms with van der Waals surface area (Å²) in [6.45, 7) is 2.01. The third kappa shape index (κ3) is 4.10. The number of carbonyl (C=O) groups excluding carboxylic acids is 2. The first-order chi connectivity index (χ1) is 14.0. The quantitative estimate of drug-likeness (QED) is 0.548. The van der Waals surface area contributed by atoms with Crippen molar-refractivity contribution in [2.75, 3.05) is 11.9 Å². The highest BCUT2D eigenvalue weighted by molar-refractivity contribution is 7.19. The number of nitrogens with zero attached hydrogens (tertiary/aromatic N) is 1. The Morgan fingerprint density at radius 2 is 2.14 bits per heavy atom. The molecule has 3 aromatic rings. The maximum atomic E-state index is 12.8. The van der Waals surface area contributed by atoms with Crippen LogP contribution in [0.1, 0.15) is 17.5 Å². The number of halogens is 2. The molecule has 4 rings (SSSR count). The maximum absolute atomic E-state index is 12.8. The normalized spacial score (nSPS) is 16.9. The SMILES string of the molecule is CCOC(=O)C(Cc1nc2cc(Cl)cc(Cl)c2s1)C1Cc2ccccc2NC1=O. The second-order valence-corrected chi connectivity index (χ2v) is 8.79. The molecule has 1 amide bonds. The lowest BCUT2D eigenvalue weighted by Gasteiger charge is -2.29. The molecule has 1 aliphatic rings. The summed E-state index contributed by atoms with van der Waals surface area (Å²) in [4.78, 5) is 30.2. The molecule has 29 heavy (non-hydrogen) atoms. The van der Waals surface area contributed by atoms with Crippen molar-refractivity contribution in [1.29, 1.82) is 0 Å². The summed E-state index contributed by atoms with van der Waals surface area (Å²) in [5, 5.41) is 4.66. The van der Waals surface area contributed by atoms with Crippen molar-refractivity contribution in [3.05, 3.63) is 57.0 Å². The second-order valence-electron chi connectivity index (χ2n) is 6.86. The number of carbonyl (C=O) groups is 2. The van der Waals surface area contributed by atoms with E-state index >= 15 is 0 Å². The Morgan fingerprint density at radius 1 is 1.34 bits per heavy atom. The van der Waals surface area contributed by atoms with Crippen molar-refractivity contribution in [3.8, 4) is 0 Å². The monoisotopic (exact) mass is 448 g/mol. The van der Waals surface area contributed by atoms with Gasteiger partial charge in [0.05, 0.1) is 38.7 Å². The summed E-state index contributed by atoms with van der Waals surface area (Å²) in [5.74, 6) is -1.74. The first kappa shape index (κ1) is 20.1. The minimum atomic E-state index is -0.641. The molecule has 0 spiro atoms. The van der Waals surface area contributed by atoms with Crippen molar-refractivity contribution in [2.45, 2.75) is 19.8 Å². The summed E-state index contributed by atoms with van der Waals surface area (Å²) in [7, 11) is 0. The molecule has 5 nitrogen and oxygen atoms in total. The van der Waals surface area contributed by atoms with Gasteiger partial charge in [-0.15, -0.1) is 11.3 Å². The Labute approximate surface area is 182 Å². The Kier molecular flexibility index (Phi) is 5.76. The Balaban J connectivity index is 1.67. The molecule has 1 aliphatic heterocycles. The first-order valence-electron chi connectivity index (χ1n) is 9.26. The molecule has 1 aromatic heterocycles. The van der Waals surface area contributed by atoms with E-state index in [2.05, 4.69) is 10.3 Å². The molecule has 150 valence electrons. The number of esters is 1. The summed E-state index contributed by atoms with van der Waals surface area (Å²) in [6.07, 6.45) is 0.773. The Morgan fingerprint density at radius 3 is 2.93 bits per heavy atom. The number of hydrogen-bond donors (Lipinski definition) is 1. The number of fused-ring (bicyclic) bond motifs is 2. The molecule has 1 N–H and O–H groups in total. The summed E-state index contributed by atoms with van der Waals surface area (Å²) in [6, 6.07) is 11.0. The van der Waals surface area contributed by atoms with Gasteiger partial charge in [-0.1, -0.05) is 41.4 Å². The zero-order valence-corrected chi connectivity index (χ0v) is 17.9. The van der Waals surface area contributed by atoms with Crippen LogP contribution in [0.2, 0.25) is 10.0 Å². The fourth-order valence-corrected chi connectivity index (χ4v) is 5.23. The van der Waals surface area contributed by atoms with E-state index in [1.54, 1.807) is 19.1 Å². The number of nitrogens with one attached hydrogen (secondary N) is 1. The van der Waals surface area contributed by atoms with E-state index in [0.29, 0.717) is 33.4 Å². The van der Waals surface area contributed by atoms with E-state index in [1.165, 1.54) is 11.3 Å². The molecule has 2 aromatic carbocycles. The van der Waals surface area contributed by atoms with Gasteiger partial charge in [-0.3, -0.25) is 9.59 Å². The van der Waals surface area contributed by atoms with Crippen LogP contribution in [0.25, 0.3) is 10.2 Å². The number of benzene rings is 2. The zero-order valence-electron chi connectivity index (χ0n) is 15.6. The van der Waals surface area contributed by atoms with Gasteiger partial charge < -0.3 is 10.1 Å². The lowest BCUT2D eigenvalue weighted by molar-refractivity contribution is -0.152. The topological polar surface area (TPSA) is 68.3 Å². The van der Waals surface area contributed by atoms with E-state index in [4.69, 9.17) is 27.9 Å². The lowest BCUT2D eigenvalue weighted by atomic mass is 9.81. The zero-order chi connectivity index (χ0) is 20.5. The van der Waals surface area contributed by atoms with Crippen LogP contribution in [0.15, 0.2) is 36.4 Å². The number of aromatic nitrogens is 1. The number of rotatable bonds is 5. The van der Waals surface area contributed by atoms with Gasteiger partial charge in [0.1, 0.15) is 0 Å². The minimum Gasteiger partial charge on any atom is -0.466 e. The number of thiazole rings is 1. The van der Waals surface area contributed by atoms with E-state index in [0.717, 1.165) is 16.0 Å². The standard InChI is InChI=1S/C21H18Cl2N2O3S/c1-2-28-21(27)14(13-7-11-5-3-4-6-16(11)25-20(13)26)10-18-24-17-9-12(22)8-15(23)19(17)29-18/h3-6,8-9,13-14H,2,7,10H2,1H3,(H,25,26). The van der Waals surface area contributed by atoms with Gasteiger partial charge in [-0.2, -0.15) is 0 Å². The highest BCUT2D eigenvalue weighted by atomic mass is 35.5. The van der Waals surface area contributed by atoms with E-state index in [-0.39, 0.29) is 12.5 Å². The van der Waals surface area contributed by atoms with Crippen molar-refractivity contribution in [2.24, 2.45) is 11.8 Å². The molecular weight excluding hydrogens is 431 g/mol. The van der Waals surface area contributed by atoms with Crippen molar-refractivity contribution in [3.63, 3.8) is 0 Å². The number of ether oxygens (including phenoxy) is 1. The Bertz CT molecular complexity index is 1100. The predicted molar refractivity (Wildman–Crippen MR) is 116 cm³/mol. The van der Waals surface area contributed by atoms with E-state index in [1.807, 2.05) is 24.3 Å². The number of para-hydroxylation sites is 1. The Hall–Kier alpha value is -2.15. The highest BCUT2D eigenvalue weighted by Gasteiger charge is 2.38. The summed E-state index contributed by atoms with van der Waals surface area (Å²) < 4.78 is 6.11. The van der Waals surface area contributed by atoms with Crippen LogP contribution in [0.5, 0.6) is 0 Å². The molecule has 0 bridgehead atoms. The van der Waals surface area contributed by atoms with Gasteiger partial charge in [0.2, 0.25) is 5.91 Å². The summed E-state index contributed by atoms with van der Waals surface area (Å²) >= 11 is 13.8. The highest BCUT2D eigenvalue weighted by Crippen LogP contribution is 2.36. The summed E-state index contributed by atoms with van der Waals surface area (Å²) in [5.41, 5.74) is 2.48. The van der Waals surface area contributed by atoms with Gasteiger partial charge in [0.15, 0.2) is 0 Å². The fraction of sp³-hybridized carbons (Fsp3) is 0.286. The molecule has 0 fully saturated rings. The minimum absolute atomic E-state index is 0.177. The number of hydrogen-bond acceptors (Lipinski definition) is 5. The fourth-order valence-electron chi connectivity index (χ4n) is 3.62. The third-order valence-corrected chi connectivity index (χ3v) is 6.73. The first-order valence-corrected chi connectivity index (χ1v) is 10.8. The number of anilines is 1. The average molecular weight is 449 g/mol. The van der Waals surface area contributed by atoms with Crippen molar-refractivity contribution in [1.82, 2.24) is 4.98 Å². The molecule has 0 aliphatic carbocycles. The largest absolute Gasteiger partial charge is 0.466 e. The van der Waals surface area contributed by atoms with Crippen LogP contribution in [0.4, 0.5) is 5.69 Å². The van der Waals surface area contributed by atoms with Crippen LogP contribution >= 0.6 is 34.5 Å². The van der Waals surface area contributed by atoms with Gasteiger partial charge in [0, 0.05) is 17.1 Å². The second kappa shape index (κ2) is 8.30. The van der Waals surface area contributed by atoms with Gasteiger partial charge in [-0.25, -0.2) is 4.98 Å². The molecular formula is C21H18Cl2N2O3S. The molecule has 0 radical (unpaired) electrons. The van der Waals surface area contributed by atoms with Crippen LogP contribution in [0, 0.1) is 11.8 Å². The van der Waals surface area contributed by atoms with Gasteiger partial charge in [-0.05, 0) is 37.1 Å². The predicted octanol–water partition coefficient (Wildman–Crippen LogP) is 5.14.